The van der Waals surface area contributed by atoms with Crippen LogP contribution in [0.5, 0.6) is 5.75 Å². The van der Waals surface area contributed by atoms with Gasteiger partial charge in [-0.05, 0) is 17.7 Å². The highest BCUT2D eigenvalue weighted by Crippen LogP contribution is 2.24. The molecule has 4 heteroatoms. The Morgan fingerprint density at radius 2 is 2.11 bits per heavy atom. The minimum Gasteiger partial charge on any atom is -0.486 e. The third-order valence-electron chi connectivity index (χ3n) is 2.74. The molecule has 1 aromatic carbocycles. The monoisotopic (exact) mass is 295 g/mol. The average molecular weight is 296 g/mol. The topological polar surface area (TPSA) is 22.1 Å². The van der Waals surface area contributed by atoms with Gasteiger partial charge in [-0.1, -0.05) is 32.9 Å². The summed E-state index contributed by atoms with van der Waals surface area (Å²) >= 11 is 7.45. The normalized spacial score (nSPS) is 11.6. The lowest BCUT2D eigenvalue weighted by atomic mass is 9.93. The van der Waals surface area contributed by atoms with Crippen molar-refractivity contribution in [2.45, 2.75) is 38.7 Å². The summed E-state index contributed by atoms with van der Waals surface area (Å²) in [6.45, 7) is 7.00. The van der Waals surface area contributed by atoms with Gasteiger partial charge in [-0.25, -0.2) is 4.98 Å². The minimum absolute atomic E-state index is 0.0906. The molecule has 2 nitrogen and oxygen atoms in total. The Balaban J connectivity index is 2.00. The molecule has 0 radical (unpaired) electrons. The first-order valence-corrected chi connectivity index (χ1v) is 7.63. The van der Waals surface area contributed by atoms with Crippen molar-refractivity contribution in [3.8, 4) is 5.75 Å². The van der Waals surface area contributed by atoms with Crippen molar-refractivity contribution >= 4 is 22.9 Å². The molecule has 1 heterocycles. The summed E-state index contributed by atoms with van der Waals surface area (Å²) in [6, 6.07) is 7.84. The molecule has 0 aliphatic heterocycles. The Morgan fingerprint density at radius 3 is 2.74 bits per heavy atom. The highest BCUT2D eigenvalue weighted by molar-refractivity contribution is 7.09. The van der Waals surface area contributed by atoms with Crippen molar-refractivity contribution in [3.05, 3.63) is 45.9 Å². The van der Waals surface area contributed by atoms with E-state index in [1.165, 1.54) is 0 Å². The van der Waals surface area contributed by atoms with E-state index >= 15 is 0 Å². The van der Waals surface area contributed by atoms with E-state index < -0.39 is 0 Å². The molecule has 0 fully saturated rings. The van der Waals surface area contributed by atoms with Crippen LogP contribution >= 0.6 is 22.9 Å². The summed E-state index contributed by atoms with van der Waals surface area (Å²) in [5.41, 5.74) is 2.27. The number of hydrogen-bond donors (Lipinski definition) is 0. The first-order valence-electron chi connectivity index (χ1n) is 6.21. The third kappa shape index (κ3) is 3.95. The Labute approximate surface area is 123 Å². The molecule has 0 atom stereocenters. The molecular weight excluding hydrogens is 278 g/mol. The molecule has 0 saturated carbocycles. The summed E-state index contributed by atoms with van der Waals surface area (Å²) in [6.07, 6.45) is 0. The van der Waals surface area contributed by atoms with Gasteiger partial charge in [-0.3, -0.25) is 0 Å². The molecule has 0 spiro atoms. The number of rotatable bonds is 4. The van der Waals surface area contributed by atoms with Crippen molar-refractivity contribution in [1.29, 1.82) is 0 Å². The molecule has 0 bridgehead atoms. The van der Waals surface area contributed by atoms with Crippen LogP contribution < -0.4 is 4.74 Å². The van der Waals surface area contributed by atoms with Crippen molar-refractivity contribution in [2.75, 3.05) is 0 Å². The van der Waals surface area contributed by atoms with Crippen molar-refractivity contribution in [1.82, 2.24) is 4.98 Å². The highest BCUT2D eigenvalue weighted by Gasteiger charge is 2.17. The first-order chi connectivity index (χ1) is 8.99. The zero-order valence-corrected chi connectivity index (χ0v) is 13.0. The lowest BCUT2D eigenvalue weighted by molar-refractivity contribution is 0.304. The summed E-state index contributed by atoms with van der Waals surface area (Å²) in [5.74, 6) is 1.34. The van der Waals surface area contributed by atoms with Crippen LogP contribution in [0.2, 0.25) is 0 Å². The smallest absolute Gasteiger partial charge is 0.140 e. The van der Waals surface area contributed by atoms with Gasteiger partial charge in [0.25, 0.3) is 0 Å². The van der Waals surface area contributed by atoms with Crippen LogP contribution in [0.25, 0.3) is 0 Å². The maximum absolute atomic E-state index is 5.80. The molecule has 0 saturated heterocycles. The zero-order chi connectivity index (χ0) is 13.9. The second-order valence-electron chi connectivity index (χ2n) is 5.45. The summed E-state index contributed by atoms with van der Waals surface area (Å²) in [4.78, 5) is 4.61. The fraction of sp³-hybridized carbons (Fsp3) is 0.400. The van der Waals surface area contributed by atoms with Gasteiger partial charge >= 0.3 is 0 Å². The van der Waals surface area contributed by atoms with Gasteiger partial charge in [0, 0.05) is 16.7 Å². The van der Waals surface area contributed by atoms with Crippen LogP contribution in [0.3, 0.4) is 0 Å². The molecule has 102 valence electrons. The van der Waals surface area contributed by atoms with Gasteiger partial charge < -0.3 is 4.74 Å². The van der Waals surface area contributed by atoms with Gasteiger partial charge in [0.05, 0.1) is 5.69 Å². The average Bonchev–Trinajstić information content (AvgIpc) is 2.85. The summed E-state index contributed by atoms with van der Waals surface area (Å²) < 4.78 is 5.75. The van der Waals surface area contributed by atoms with E-state index in [4.69, 9.17) is 16.3 Å². The Bertz CT molecular complexity index is 545. The van der Waals surface area contributed by atoms with Crippen LogP contribution in [0.15, 0.2) is 29.6 Å². The molecule has 0 aliphatic rings. The number of benzene rings is 1. The second kappa shape index (κ2) is 5.93. The Kier molecular flexibility index (Phi) is 4.48. The summed E-state index contributed by atoms with van der Waals surface area (Å²) in [7, 11) is 0. The molecular formula is C15H18ClNOS. The maximum atomic E-state index is 5.80. The fourth-order valence-corrected chi connectivity index (χ4v) is 2.68. The highest BCUT2D eigenvalue weighted by atomic mass is 35.5. The van der Waals surface area contributed by atoms with E-state index in [1.54, 1.807) is 11.3 Å². The van der Waals surface area contributed by atoms with Gasteiger partial charge in [-0.2, -0.15) is 0 Å². The number of halogens is 1. The van der Waals surface area contributed by atoms with Crippen LogP contribution in [0, 0.1) is 0 Å². The maximum Gasteiger partial charge on any atom is 0.140 e. The van der Waals surface area contributed by atoms with Crippen LogP contribution in [-0.4, -0.2) is 4.98 Å². The van der Waals surface area contributed by atoms with Crippen LogP contribution in [0.1, 0.15) is 37.0 Å². The van der Waals surface area contributed by atoms with Gasteiger partial charge in [-0.15, -0.1) is 22.9 Å². The molecule has 0 aliphatic carbocycles. The van der Waals surface area contributed by atoms with E-state index in [0.29, 0.717) is 12.5 Å². The summed E-state index contributed by atoms with van der Waals surface area (Å²) in [5, 5.41) is 3.11. The lowest BCUT2D eigenvalue weighted by Crippen LogP contribution is -2.11. The van der Waals surface area contributed by atoms with Crippen molar-refractivity contribution in [2.24, 2.45) is 0 Å². The number of nitrogens with zero attached hydrogens (tertiary/aromatic N) is 1. The standard InChI is InChI=1S/C15H18ClNOS/c1-15(2,3)13-10-19-14(17-13)9-18-12-6-4-5-11(7-12)8-16/h4-7,10H,8-9H2,1-3H3. The number of hydrogen-bond acceptors (Lipinski definition) is 3. The fourth-order valence-electron chi connectivity index (χ4n) is 1.59. The Hall–Kier alpha value is -1.06. The molecule has 19 heavy (non-hydrogen) atoms. The third-order valence-corrected chi connectivity index (χ3v) is 3.87. The van der Waals surface area contributed by atoms with Crippen molar-refractivity contribution in [3.63, 3.8) is 0 Å². The molecule has 2 aromatic rings. The minimum atomic E-state index is 0.0906. The quantitative estimate of drug-likeness (QED) is 0.759. The van der Waals surface area contributed by atoms with E-state index in [1.807, 2.05) is 24.3 Å². The van der Waals surface area contributed by atoms with E-state index in [9.17, 15) is 0 Å². The number of alkyl halides is 1. The van der Waals surface area contributed by atoms with Crippen LogP contribution in [0.4, 0.5) is 0 Å². The second-order valence-corrected chi connectivity index (χ2v) is 6.66. The number of ether oxygens (including phenoxy) is 1. The molecule has 0 unspecified atom stereocenters. The number of aromatic nitrogens is 1. The van der Waals surface area contributed by atoms with Gasteiger partial charge in [0.15, 0.2) is 0 Å². The SMILES string of the molecule is CC(C)(C)c1csc(COc2cccc(CCl)c2)n1. The zero-order valence-electron chi connectivity index (χ0n) is 11.4. The lowest BCUT2D eigenvalue weighted by Gasteiger charge is -2.14. The van der Waals surface area contributed by atoms with Gasteiger partial charge in [0.2, 0.25) is 0 Å². The molecule has 0 amide bonds. The van der Waals surface area contributed by atoms with Gasteiger partial charge in [0.1, 0.15) is 17.4 Å². The molecule has 0 N–H and O–H groups in total. The first kappa shape index (κ1) is 14.4. The molecule has 1 aromatic heterocycles. The predicted molar refractivity (Wildman–Crippen MR) is 81.1 cm³/mol. The van der Waals surface area contributed by atoms with Crippen LogP contribution in [-0.2, 0) is 17.9 Å². The van der Waals surface area contributed by atoms with Crippen molar-refractivity contribution < 1.29 is 4.74 Å². The predicted octanol–water partition coefficient (Wildman–Crippen LogP) is 4.76. The van der Waals surface area contributed by atoms with E-state index in [0.717, 1.165) is 22.0 Å². The number of thiazole rings is 1. The van der Waals surface area contributed by atoms with E-state index in [-0.39, 0.29) is 5.41 Å². The molecule has 2 rings (SSSR count). The largest absolute Gasteiger partial charge is 0.486 e. The van der Waals surface area contributed by atoms with E-state index in [2.05, 4.69) is 31.1 Å². The Morgan fingerprint density at radius 1 is 1.32 bits per heavy atom.